The Labute approximate surface area is 283 Å². The molecule has 0 aromatic carbocycles. The maximum absolute atomic E-state index is 13.8. The average molecular weight is 898 g/mol. The molecule has 0 unspecified atom stereocenters. The predicted molar refractivity (Wildman–Crippen MR) is 113 cm³/mol. The molecule has 332 valence electrons. The lowest BCUT2D eigenvalue weighted by Crippen LogP contribution is -2.72. The van der Waals surface area contributed by atoms with Crippen molar-refractivity contribution in [3.05, 3.63) is 0 Å². The van der Waals surface area contributed by atoms with Crippen molar-refractivity contribution >= 4 is 0 Å². The summed E-state index contributed by atoms with van der Waals surface area (Å²) in [6.45, 7) is -7.38. The number of alkyl halides is 30. The molecule has 0 aromatic rings. The molecule has 0 radical (unpaired) electrons. The first kappa shape index (κ1) is 52.8. The molecule has 0 N–H and O–H groups in total. The summed E-state index contributed by atoms with van der Waals surface area (Å²) in [6, 6.07) is 0. The Morgan fingerprint density at radius 2 is 0.509 bits per heavy atom. The standard InChI is InChI=1S/C22H16F30O3/c1-53-8(6-54-4-2-9(23,24)11(27,28)13(31,32)15(35,36)17(39,40)19(43,44)21(47,48)49)7-55-5-3-10(25,26)12(29,30)14(33,34)16(37,38)18(41,42)20(45,46)22(50,51)52/h8H,2-7H2,1H3. The summed E-state index contributed by atoms with van der Waals surface area (Å²) in [4.78, 5) is 0. The lowest BCUT2D eigenvalue weighted by molar-refractivity contribution is -0.452. The molecule has 0 rings (SSSR count). The van der Waals surface area contributed by atoms with E-state index in [1.807, 2.05) is 0 Å². The van der Waals surface area contributed by atoms with E-state index in [1.165, 1.54) is 0 Å². The molecule has 55 heavy (non-hydrogen) atoms. The SMILES string of the molecule is COC(COCCC(F)(F)C(F)(F)C(F)(F)C(F)(F)C(F)(F)C(F)(F)C(F)(F)F)COCCC(F)(F)C(F)(F)C(F)(F)C(F)(F)C(F)(F)C(F)(F)C(F)(F)F. The molecule has 3 nitrogen and oxygen atoms in total. The van der Waals surface area contributed by atoms with Crippen molar-refractivity contribution < 1.29 is 146 Å². The molecule has 0 aromatic heterocycles. The normalized spacial score (nSPS) is 16.4. The molecule has 33 heteroatoms. The molecule has 0 aliphatic heterocycles. The summed E-state index contributed by atoms with van der Waals surface area (Å²) in [5.41, 5.74) is 0. The first-order valence-electron chi connectivity index (χ1n) is 13.0. The van der Waals surface area contributed by atoms with E-state index in [9.17, 15) is 132 Å². The monoisotopic (exact) mass is 898 g/mol. The lowest BCUT2D eigenvalue weighted by atomic mass is 9.90. The van der Waals surface area contributed by atoms with E-state index >= 15 is 0 Å². The second-order valence-corrected chi connectivity index (χ2v) is 10.7. The fraction of sp³-hybridized carbons (Fsp3) is 1.00. The fourth-order valence-corrected chi connectivity index (χ4v) is 3.33. The molecule has 0 saturated heterocycles. The maximum atomic E-state index is 13.8. The van der Waals surface area contributed by atoms with E-state index < -0.39 is 129 Å². The number of halogens is 30. The third-order valence-electron chi connectivity index (χ3n) is 6.85. The molecule has 0 atom stereocenters. The Morgan fingerprint density at radius 3 is 0.709 bits per heavy atom. The van der Waals surface area contributed by atoms with Gasteiger partial charge in [0.05, 0.1) is 26.4 Å². The van der Waals surface area contributed by atoms with Gasteiger partial charge in [0, 0.05) is 20.0 Å². The van der Waals surface area contributed by atoms with E-state index in [0.29, 0.717) is 7.11 Å². The van der Waals surface area contributed by atoms with Crippen molar-refractivity contribution in [3.63, 3.8) is 0 Å². The average Bonchev–Trinajstić information content (AvgIpc) is 2.97. The minimum Gasteiger partial charge on any atom is -0.378 e. The van der Waals surface area contributed by atoms with Gasteiger partial charge in [-0.1, -0.05) is 0 Å². The highest BCUT2D eigenvalue weighted by atomic mass is 19.4. The van der Waals surface area contributed by atoms with Gasteiger partial charge in [0.1, 0.15) is 6.10 Å². The minimum atomic E-state index is -8.60. The van der Waals surface area contributed by atoms with Gasteiger partial charge in [-0.25, -0.2) is 0 Å². The van der Waals surface area contributed by atoms with Crippen LogP contribution < -0.4 is 0 Å². The van der Waals surface area contributed by atoms with Crippen molar-refractivity contribution in [1.82, 2.24) is 0 Å². The number of rotatable bonds is 21. The van der Waals surface area contributed by atoms with Gasteiger partial charge in [-0.05, 0) is 0 Å². The van der Waals surface area contributed by atoms with Gasteiger partial charge < -0.3 is 14.2 Å². The van der Waals surface area contributed by atoms with Crippen molar-refractivity contribution in [2.24, 2.45) is 0 Å². The lowest BCUT2D eigenvalue weighted by Gasteiger charge is -2.41. The molecule has 0 amide bonds. The molecule has 0 heterocycles. The Kier molecular flexibility index (Phi) is 14.6. The van der Waals surface area contributed by atoms with Crippen LogP contribution in [0.1, 0.15) is 12.8 Å². The van der Waals surface area contributed by atoms with Crippen LogP contribution in [-0.4, -0.2) is 123 Å². The van der Waals surface area contributed by atoms with Crippen LogP contribution in [0.5, 0.6) is 0 Å². The smallest absolute Gasteiger partial charge is 0.378 e. The summed E-state index contributed by atoms with van der Waals surface area (Å²) < 4.78 is 408. The first-order valence-corrected chi connectivity index (χ1v) is 13.0. The highest BCUT2D eigenvalue weighted by molar-refractivity contribution is 5.14. The quantitative estimate of drug-likeness (QED) is 0.0849. The van der Waals surface area contributed by atoms with Crippen LogP contribution >= 0.6 is 0 Å². The Bertz CT molecular complexity index is 1170. The van der Waals surface area contributed by atoms with Crippen LogP contribution in [0.15, 0.2) is 0 Å². The van der Waals surface area contributed by atoms with Gasteiger partial charge in [0.25, 0.3) is 0 Å². The first-order chi connectivity index (χ1) is 23.6. The van der Waals surface area contributed by atoms with E-state index in [1.54, 1.807) is 0 Å². The van der Waals surface area contributed by atoms with Gasteiger partial charge in [-0.3, -0.25) is 0 Å². The number of ether oxygens (including phenoxy) is 3. The third-order valence-corrected chi connectivity index (χ3v) is 6.85. The van der Waals surface area contributed by atoms with Crippen molar-refractivity contribution in [1.29, 1.82) is 0 Å². The number of hydrogen-bond acceptors (Lipinski definition) is 3. The van der Waals surface area contributed by atoms with Crippen molar-refractivity contribution in [3.8, 4) is 0 Å². The van der Waals surface area contributed by atoms with Gasteiger partial charge in [-0.2, -0.15) is 132 Å². The Balaban J connectivity index is 5.69. The van der Waals surface area contributed by atoms with E-state index in [4.69, 9.17) is 0 Å². The van der Waals surface area contributed by atoms with E-state index in [2.05, 4.69) is 14.2 Å². The summed E-state index contributed by atoms with van der Waals surface area (Å²) >= 11 is 0. The second-order valence-electron chi connectivity index (χ2n) is 10.7. The van der Waals surface area contributed by atoms with E-state index in [0.717, 1.165) is 0 Å². The molecule has 0 aliphatic rings. The van der Waals surface area contributed by atoms with Crippen LogP contribution in [0.25, 0.3) is 0 Å². The third kappa shape index (κ3) is 8.37. The maximum Gasteiger partial charge on any atom is 0.460 e. The van der Waals surface area contributed by atoms with Gasteiger partial charge in [0.15, 0.2) is 0 Å². The van der Waals surface area contributed by atoms with Crippen molar-refractivity contribution in [2.75, 3.05) is 33.5 Å². The van der Waals surface area contributed by atoms with Gasteiger partial charge in [-0.15, -0.1) is 0 Å². The zero-order valence-corrected chi connectivity index (χ0v) is 25.4. The molecule has 0 spiro atoms. The topological polar surface area (TPSA) is 27.7 Å². The largest absolute Gasteiger partial charge is 0.460 e. The fourth-order valence-electron chi connectivity index (χ4n) is 3.33. The summed E-state index contributed by atoms with van der Waals surface area (Å²) in [7, 11) is 0.460. The van der Waals surface area contributed by atoms with Gasteiger partial charge >= 0.3 is 83.4 Å². The van der Waals surface area contributed by atoms with Crippen LogP contribution in [0.3, 0.4) is 0 Å². The van der Waals surface area contributed by atoms with Crippen LogP contribution in [-0.2, 0) is 14.2 Å². The highest BCUT2D eigenvalue weighted by Gasteiger charge is 2.94. The van der Waals surface area contributed by atoms with Gasteiger partial charge in [0.2, 0.25) is 0 Å². The second kappa shape index (κ2) is 15.2. The summed E-state index contributed by atoms with van der Waals surface area (Å²) in [6.07, 6.45) is -23.9. The zero-order valence-electron chi connectivity index (χ0n) is 25.4. The molecule has 0 bridgehead atoms. The summed E-state index contributed by atoms with van der Waals surface area (Å²) in [5, 5.41) is 0. The number of methoxy groups -OCH3 is 1. The van der Waals surface area contributed by atoms with Crippen LogP contribution in [0.4, 0.5) is 132 Å². The van der Waals surface area contributed by atoms with Crippen LogP contribution in [0.2, 0.25) is 0 Å². The minimum absolute atomic E-state index is 0.460. The molecular weight excluding hydrogens is 882 g/mol. The Hall–Kier alpha value is -2.22. The molecule has 0 fully saturated rings. The number of hydrogen-bond donors (Lipinski definition) is 0. The zero-order chi connectivity index (χ0) is 44.9. The molecular formula is C22H16F30O3. The van der Waals surface area contributed by atoms with Crippen LogP contribution in [0, 0.1) is 0 Å². The van der Waals surface area contributed by atoms with Crippen molar-refractivity contribution in [2.45, 2.75) is 102 Å². The molecule has 0 aliphatic carbocycles. The van der Waals surface area contributed by atoms with E-state index in [-0.39, 0.29) is 0 Å². The predicted octanol–water partition coefficient (Wildman–Crippen LogP) is 10.6. The Morgan fingerprint density at radius 1 is 0.309 bits per heavy atom. The summed E-state index contributed by atoms with van der Waals surface area (Å²) in [5.74, 6) is -97.0. The highest BCUT2D eigenvalue weighted by Crippen LogP contribution is 2.64. The molecule has 0 saturated carbocycles.